The second-order valence-corrected chi connectivity index (χ2v) is 18.8. The van der Waals surface area contributed by atoms with E-state index in [0.29, 0.717) is 39.3 Å². The zero-order valence-corrected chi connectivity index (χ0v) is 40.4. The number of benzene rings is 1. The Balaban J connectivity index is 0.000000622. The van der Waals surface area contributed by atoms with Crippen molar-refractivity contribution in [1.82, 2.24) is 19.9 Å². The summed E-state index contributed by atoms with van der Waals surface area (Å²) in [6.07, 6.45) is 3.57. The molecule has 63 heavy (non-hydrogen) atoms. The van der Waals surface area contributed by atoms with Crippen LogP contribution in [0, 0.1) is 5.82 Å². The standard InChI is InChI=1S/C21H26FN3O6S.C20H29N3O6S.Ca/c1-12(2)19-15(9-10-16(26)17(27)11-18(28)29)20(13-5-7-14(22)8-6-13)24-21(23-19)25(3)32(4,30)31;1-7-8-13(4)19-14(9-10-15(24)16(25)11-17(26)27)18(12(2)3)21-20(22-19)23(5)30(6,28)29;/h5-10,12,16-17,26-27H,11H2,1-4H3,(H,28,29);7-10,12,15-16,24-25H,1,11H2,2-6H3,(H,26,27);/q;;+2/b10-9+;10-9+,13-8+;/t16-,17+;15-,16+;/m11./s1. The van der Waals surface area contributed by atoms with Crippen LogP contribution in [-0.4, -0.2) is 168 Å². The van der Waals surface area contributed by atoms with Crippen molar-refractivity contribution < 1.29 is 61.5 Å². The molecule has 340 valence electrons. The van der Waals surface area contributed by atoms with Crippen molar-refractivity contribution in [2.45, 2.75) is 83.7 Å². The molecule has 3 rings (SSSR count). The molecule has 0 aliphatic heterocycles. The number of aromatic nitrogens is 4. The van der Waals surface area contributed by atoms with Gasteiger partial charge in [-0.05, 0) is 48.6 Å². The normalized spacial score (nSPS) is 14.1. The van der Waals surface area contributed by atoms with Crippen LogP contribution in [0.3, 0.4) is 0 Å². The number of aliphatic carboxylic acids is 2. The number of halogens is 1. The quantitative estimate of drug-likeness (QED) is 0.0742. The maximum atomic E-state index is 13.5. The van der Waals surface area contributed by atoms with Crippen LogP contribution in [0.25, 0.3) is 29.0 Å². The zero-order valence-electron chi connectivity index (χ0n) is 36.6. The number of carboxylic acid groups (broad SMARTS) is 2. The fourth-order valence-electron chi connectivity index (χ4n) is 5.37. The van der Waals surface area contributed by atoms with Gasteiger partial charge in [-0.15, -0.1) is 0 Å². The molecule has 0 aliphatic rings. The Labute approximate surface area is 397 Å². The van der Waals surface area contributed by atoms with E-state index in [9.17, 15) is 51.2 Å². The Morgan fingerprint density at radius 1 is 0.730 bits per heavy atom. The van der Waals surface area contributed by atoms with E-state index >= 15 is 0 Å². The molecule has 2 aromatic heterocycles. The minimum atomic E-state index is -3.66. The second-order valence-electron chi connectivity index (χ2n) is 14.7. The summed E-state index contributed by atoms with van der Waals surface area (Å²) < 4.78 is 63.4. The van der Waals surface area contributed by atoms with Gasteiger partial charge in [-0.1, -0.05) is 70.7 Å². The van der Waals surface area contributed by atoms with Gasteiger partial charge in [0.2, 0.25) is 31.9 Å². The molecule has 0 bridgehead atoms. The summed E-state index contributed by atoms with van der Waals surface area (Å²) in [4.78, 5) is 39.1. The molecular weight excluding hydrogens is 892 g/mol. The predicted molar refractivity (Wildman–Crippen MR) is 240 cm³/mol. The number of aliphatic hydroxyl groups is 4. The number of carboxylic acids is 2. The number of anilines is 2. The monoisotopic (exact) mass is 946 g/mol. The summed E-state index contributed by atoms with van der Waals surface area (Å²) in [7, 11) is -4.59. The minimum Gasteiger partial charge on any atom is -0.481 e. The molecule has 2 heterocycles. The summed E-state index contributed by atoms with van der Waals surface area (Å²) in [6.45, 7) is 12.8. The molecule has 6 N–H and O–H groups in total. The first-order valence-corrected chi connectivity index (χ1v) is 22.6. The fraction of sp³-hybridized carbons (Fsp3) is 0.415. The number of nitrogens with zero attached hydrogens (tertiary/aromatic N) is 6. The second kappa shape index (κ2) is 24.8. The molecular formula is C41H55CaFN6O12S2+2. The van der Waals surface area contributed by atoms with E-state index < -0.39 is 75.1 Å². The SMILES string of the molecule is C=C/C=C(\C)c1nc(N(C)S(C)(=O)=O)nc(C(C)C)c1/C=C/[C@@H](O)[C@@H](O)CC(=O)O.CC(C)c1nc(N(C)S(C)(=O)=O)nc(-c2ccc(F)cc2)c1/C=C/[C@@H](O)[C@@H](O)CC(=O)O.[Ca+2]. The molecule has 1 aromatic carbocycles. The van der Waals surface area contributed by atoms with E-state index in [1.54, 1.807) is 19.1 Å². The number of sulfonamides is 2. The van der Waals surface area contributed by atoms with Crippen LogP contribution in [0.5, 0.6) is 0 Å². The number of allylic oxidation sites excluding steroid dienone is 3. The van der Waals surface area contributed by atoms with Crippen LogP contribution < -0.4 is 8.61 Å². The van der Waals surface area contributed by atoms with E-state index in [-0.39, 0.29) is 67.2 Å². The summed E-state index contributed by atoms with van der Waals surface area (Å²) in [5.41, 5.74) is 3.77. The Morgan fingerprint density at radius 3 is 1.51 bits per heavy atom. The van der Waals surface area contributed by atoms with Crippen molar-refractivity contribution in [1.29, 1.82) is 0 Å². The molecule has 0 saturated carbocycles. The average Bonchev–Trinajstić information content (AvgIpc) is 3.17. The largest absolute Gasteiger partial charge is 2.00 e. The molecule has 0 unspecified atom stereocenters. The van der Waals surface area contributed by atoms with E-state index in [1.807, 2.05) is 27.7 Å². The molecule has 22 heteroatoms. The topological polar surface area (TPSA) is 282 Å². The van der Waals surface area contributed by atoms with Gasteiger partial charge in [-0.3, -0.25) is 9.59 Å². The molecule has 0 saturated heterocycles. The number of rotatable bonds is 19. The Bertz CT molecular complexity index is 2400. The van der Waals surface area contributed by atoms with Crippen LogP contribution in [0.1, 0.15) is 87.5 Å². The average molecular weight is 947 g/mol. The third-order valence-corrected chi connectivity index (χ3v) is 11.2. The maximum absolute atomic E-state index is 13.5. The van der Waals surface area contributed by atoms with Crippen LogP contribution in [0.15, 0.2) is 55.1 Å². The summed E-state index contributed by atoms with van der Waals surface area (Å²) in [6, 6.07) is 5.40. The smallest absolute Gasteiger partial charge is 0.481 e. The third kappa shape index (κ3) is 17.0. The summed E-state index contributed by atoms with van der Waals surface area (Å²) >= 11 is 0. The molecule has 0 fully saturated rings. The van der Waals surface area contributed by atoms with Crippen molar-refractivity contribution in [3.8, 4) is 11.3 Å². The van der Waals surface area contributed by atoms with Gasteiger partial charge in [0, 0.05) is 30.8 Å². The molecule has 3 aromatic rings. The molecule has 0 aliphatic carbocycles. The van der Waals surface area contributed by atoms with E-state index in [2.05, 4.69) is 26.5 Å². The molecule has 18 nitrogen and oxygen atoms in total. The first-order chi connectivity index (χ1) is 28.6. The van der Waals surface area contributed by atoms with Crippen LogP contribution >= 0.6 is 0 Å². The van der Waals surface area contributed by atoms with Crippen molar-refractivity contribution in [2.24, 2.45) is 0 Å². The van der Waals surface area contributed by atoms with Crippen molar-refractivity contribution in [3.05, 3.63) is 89.2 Å². The third-order valence-electron chi connectivity index (χ3n) is 8.91. The van der Waals surface area contributed by atoms with Gasteiger partial charge in [-0.25, -0.2) is 49.8 Å². The van der Waals surface area contributed by atoms with Gasteiger partial charge < -0.3 is 30.6 Å². The van der Waals surface area contributed by atoms with Gasteiger partial charge in [0.1, 0.15) is 5.82 Å². The number of hydrogen-bond acceptors (Lipinski definition) is 14. The minimum absolute atomic E-state index is 0. The van der Waals surface area contributed by atoms with Crippen LogP contribution in [0.2, 0.25) is 0 Å². The van der Waals surface area contributed by atoms with E-state index in [4.69, 9.17) is 10.2 Å². The van der Waals surface area contributed by atoms with Gasteiger partial charge in [0.05, 0.1) is 72.5 Å². The summed E-state index contributed by atoms with van der Waals surface area (Å²) in [5.74, 6) is -3.39. The van der Waals surface area contributed by atoms with Gasteiger partial charge in [0.15, 0.2) is 0 Å². The zero-order chi connectivity index (χ0) is 47.4. The van der Waals surface area contributed by atoms with Gasteiger partial charge in [0.25, 0.3) is 0 Å². The van der Waals surface area contributed by atoms with E-state index in [1.165, 1.54) is 62.7 Å². The first kappa shape index (κ1) is 56.8. The van der Waals surface area contributed by atoms with Crippen molar-refractivity contribution >= 4 is 99.3 Å². The Hall–Kier alpha value is -4.19. The molecule has 0 spiro atoms. The van der Waals surface area contributed by atoms with Crippen LogP contribution in [0.4, 0.5) is 16.3 Å². The predicted octanol–water partition coefficient (Wildman–Crippen LogP) is 3.43. The number of aliphatic hydroxyl groups excluding tert-OH is 4. The maximum Gasteiger partial charge on any atom is 2.00 e. The van der Waals surface area contributed by atoms with Gasteiger partial charge in [-0.2, -0.15) is 0 Å². The molecule has 0 amide bonds. The van der Waals surface area contributed by atoms with Crippen molar-refractivity contribution in [2.75, 3.05) is 35.2 Å². The molecule has 0 radical (unpaired) electrons. The Kier molecular flexibility index (Phi) is 22.3. The van der Waals surface area contributed by atoms with Crippen LogP contribution in [-0.2, 0) is 29.6 Å². The van der Waals surface area contributed by atoms with Crippen molar-refractivity contribution in [3.63, 3.8) is 0 Å². The fourth-order valence-corrected chi connectivity index (χ4v) is 6.12. The number of carbonyl (C=O) groups is 2. The molecule has 4 atom stereocenters. The van der Waals surface area contributed by atoms with E-state index in [0.717, 1.165) is 21.1 Å². The van der Waals surface area contributed by atoms with Gasteiger partial charge >= 0.3 is 49.7 Å². The Morgan fingerprint density at radius 2 is 1.13 bits per heavy atom. The number of hydrogen-bond donors (Lipinski definition) is 6. The first-order valence-electron chi connectivity index (χ1n) is 18.9. The summed E-state index contributed by atoms with van der Waals surface area (Å²) in [5, 5.41) is 57.4.